The first-order valence-electron chi connectivity index (χ1n) is 6.30. The third-order valence-corrected chi connectivity index (χ3v) is 6.00. The van der Waals surface area contributed by atoms with Crippen LogP contribution in [0.1, 0.15) is 12.8 Å². The molecule has 2 amide bonds. The highest BCUT2D eigenvalue weighted by atomic mass is 32.2. The van der Waals surface area contributed by atoms with E-state index in [9.17, 15) is 14.4 Å². The lowest BCUT2D eigenvalue weighted by molar-refractivity contribution is -0.145. The van der Waals surface area contributed by atoms with Crippen molar-refractivity contribution < 1.29 is 19.5 Å². The molecule has 20 heavy (non-hydrogen) atoms. The first-order chi connectivity index (χ1) is 9.54. The van der Waals surface area contributed by atoms with Crippen LogP contribution in [0.5, 0.6) is 0 Å². The highest BCUT2D eigenvalue weighted by Gasteiger charge is 2.40. The van der Waals surface area contributed by atoms with Crippen LogP contribution in [0.15, 0.2) is 12.0 Å². The van der Waals surface area contributed by atoms with Gasteiger partial charge in [0.2, 0.25) is 11.8 Å². The number of thioether (sulfide) groups is 2. The smallest absolute Gasteiger partial charge is 0.230 e. The maximum Gasteiger partial charge on any atom is 0.230 e. The van der Waals surface area contributed by atoms with E-state index in [1.54, 1.807) is 33.3 Å². The zero-order valence-electron chi connectivity index (χ0n) is 10.7. The minimum Gasteiger partial charge on any atom is -0.510 e. The van der Waals surface area contributed by atoms with E-state index in [-0.39, 0.29) is 17.6 Å². The van der Waals surface area contributed by atoms with Crippen LogP contribution in [0.25, 0.3) is 0 Å². The van der Waals surface area contributed by atoms with E-state index in [2.05, 4.69) is 0 Å². The van der Waals surface area contributed by atoms with Crippen molar-refractivity contribution in [3.8, 4) is 0 Å². The van der Waals surface area contributed by atoms with Crippen LogP contribution in [0.3, 0.4) is 0 Å². The van der Waals surface area contributed by atoms with Crippen LogP contribution in [0, 0.1) is 0 Å². The number of nitrogens with zero attached hydrogens (tertiary/aromatic N) is 2. The quantitative estimate of drug-likeness (QED) is 0.658. The van der Waals surface area contributed by atoms with Crippen LogP contribution in [-0.4, -0.2) is 61.3 Å². The molecule has 3 fully saturated rings. The summed E-state index contributed by atoms with van der Waals surface area (Å²) in [6, 6.07) is 0. The van der Waals surface area contributed by atoms with Crippen LogP contribution in [0.4, 0.5) is 0 Å². The molecule has 8 heteroatoms. The fourth-order valence-corrected chi connectivity index (χ4v) is 4.40. The Kier molecular flexibility index (Phi) is 3.68. The van der Waals surface area contributed by atoms with Crippen molar-refractivity contribution in [1.29, 1.82) is 0 Å². The summed E-state index contributed by atoms with van der Waals surface area (Å²) >= 11 is 3.19. The number of β-lactam (4-membered cyclic amide) rings is 2. The van der Waals surface area contributed by atoms with Gasteiger partial charge in [0.25, 0.3) is 0 Å². The van der Waals surface area contributed by atoms with Crippen molar-refractivity contribution >= 4 is 41.1 Å². The average molecular weight is 314 g/mol. The molecule has 0 aromatic rings. The molecule has 108 valence electrons. The largest absolute Gasteiger partial charge is 0.510 e. The molecule has 0 radical (unpaired) electrons. The van der Waals surface area contributed by atoms with E-state index >= 15 is 0 Å². The first-order valence-corrected chi connectivity index (χ1v) is 8.39. The molecule has 0 aliphatic carbocycles. The molecule has 4 aliphatic heterocycles. The summed E-state index contributed by atoms with van der Waals surface area (Å²) in [5.74, 6) is 1.96. The van der Waals surface area contributed by atoms with Crippen LogP contribution in [0.2, 0.25) is 0 Å². The summed E-state index contributed by atoms with van der Waals surface area (Å²) < 4.78 is 0. The van der Waals surface area contributed by atoms with E-state index in [4.69, 9.17) is 5.11 Å². The van der Waals surface area contributed by atoms with Gasteiger partial charge in [-0.25, -0.2) is 0 Å². The Morgan fingerprint density at radius 2 is 1.75 bits per heavy atom. The van der Waals surface area contributed by atoms with Gasteiger partial charge in [0, 0.05) is 6.20 Å². The molecule has 6 nitrogen and oxygen atoms in total. The van der Waals surface area contributed by atoms with Gasteiger partial charge in [0.1, 0.15) is 5.76 Å². The second kappa shape index (κ2) is 5.33. The first kappa shape index (κ1) is 13.8. The molecule has 3 saturated heterocycles. The third-order valence-electron chi connectivity index (χ3n) is 3.46. The Morgan fingerprint density at radius 1 is 1.05 bits per heavy atom. The van der Waals surface area contributed by atoms with Gasteiger partial charge in [-0.2, -0.15) is 0 Å². The molecular weight excluding hydrogens is 300 g/mol. The van der Waals surface area contributed by atoms with Crippen molar-refractivity contribution in [2.45, 2.75) is 23.6 Å². The topological polar surface area (TPSA) is 77.9 Å². The van der Waals surface area contributed by atoms with E-state index in [0.29, 0.717) is 47.4 Å². The monoisotopic (exact) mass is 314 g/mol. The van der Waals surface area contributed by atoms with E-state index < -0.39 is 0 Å². The highest BCUT2D eigenvalue weighted by Crippen LogP contribution is 2.34. The molecule has 0 aromatic carbocycles. The number of aliphatic hydroxyl groups is 1. The SMILES string of the molecule is O=C1CS[C@@H]2CC(=O)N2C1.O=C1C[C@H]2SCC(O)=CN12. The lowest BCUT2D eigenvalue weighted by Gasteiger charge is -2.42. The summed E-state index contributed by atoms with van der Waals surface area (Å²) in [4.78, 5) is 35.6. The molecule has 0 spiro atoms. The Balaban J connectivity index is 0.000000121. The fourth-order valence-electron chi connectivity index (χ4n) is 2.26. The Hall–Kier alpha value is -1.15. The van der Waals surface area contributed by atoms with E-state index in [1.807, 2.05) is 0 Å². The minimum absolute atomic E-state index is 0.115. The van der Waals surface area contributed by atoms with Crippen molar-refractivity contribution in [2.75, 3.05) is 18.1 Å². The highest BCUT2D eigenvalue weighted by molar-refractivity contribution is 8.00. The Morgan fingerprint density at radius 3 is 2.35 bits per heavy atom. The third kappa shape index (κ3) is 2.54. The predicted molar refractivity (Wildman–Crippen MR) is 76.0 cm³/mol. The summed E-state index contributed by atoms with van der Waals surface area (Å²) in [5.41, 5.74) is 0. The Bertz CT molecular complexity index is 502. The van der Waals surface area contributed by atoms with Crippen molar-refractivity contribution in [1.82, 2.24) is 9.80 Å². The van der Waals surface area contributed by atoms with Crippen molar-refractivity contribution in [3.63, 3.8) is 0 Å². The summed E-state index contributed by atoms with van der Waals surface area (Å²) in [6.07, 6.45) is 2.80. The van der Waals surface area contributed by atoms with E-state index in [0.717, 1.165) is 0 Å². The van der Waals surface area contributed by atoms with Gasteiger partial charge >= 0.3 is 0 Å². The van der Waals surface area contributed by atoms with Gasteiger partial charge in [-0.15, -0.1) is 23.5 Å². The number of hydrogen-bond donors (Lipinski definition) is 1. The maximum atomic E-state index is 10.8. The van der Waals surface area contributed by atoms with Gasteiger partial charge in [-0.05, 0) is 0 Å². The number of hydrogen-bond acceptors (Lipinski definition) is 6. The van der Waals surface area contributed by atoms with Crippen LogP contribution < -0.4 is 0 Å². The van der Waals surface area contributed by atoms with E-state index in [1.165, 1.54) is 6.20 Å². The molecule has 1 N–H and O–H groups in total. The average Bonchev–Trinajstić information content (AvgIpc) is 2.42. The Labute approximate surface area is 124 Å². The van der Waals surface area contributed by atoms with Gasteiger partial charge in [0.15, 0.2) is 5.78 Å². The van der Waals surface area contributed by atoms with Crippen LogP contribution >= 0.6 is 23.5 Å². The van der Waals surface area contributed by atoms with Gasteiger partial charge in [-0.3, -0.25) is 14.4 Å². The molecule has 4 heterocycles. The molecular formula is C12H14N2O4S2. The molecule has 0 saturated carbocycles. The summed E-state index contributed by atoms with van der Waals surface area (Å²) in [7, 11) is 0. The number of Topliss-reactive ketones (excluding diaryl/α,β-unsaturated/α-hetero) is 1. The van der Waals surface area contributed by atoms with Gasteiger partial charge in [0.05, 0.1) is 41.6 Å². The summed E-state index contributed by atoms with van der Waals surface area (Å²) in [5, 5.41) is 9.63. The van der Waals surface area contributed by atoms with Crippen LogP contribution in [-0.2, 0) is 14.4 Å². The van der Waals surface area contributed by atoms with Gasteiger partial charge in [-0.1, -0.05) is 0 Å². The second-order valence-electron chi connectivity index (χ2n) is 4.92. The van der Waals surface area contributed by atoms with Crippen molar-refractivity contribution in [3.05, 3.63) is 12.0 Å². The number of aliphatic hydroxyl groups excluding tert-OH is 1. The molecule has 4 aliphatic rings. The lowest BCUT2D eigenvalue weighted by atomic mass is 10.2. The fraction of sp³-hybridized carbons (Fsp3) is 0.583. The molecule has 2 atom stereocenters. The lowest BCUT2D eigenvalue weighted by Crippen LogP contribution is -2.55. The number of rotatable bonds is 0. The number of carbonyl (C=O) groups is 3. The number of fused-ring (bicyclic) bond motifs is 2. The minimum atomic E-state index is 0.115. The molecule has 0 unspecified atom stereocenters. The second-order valence-corrected chi connectivity index (χ2v) is 7.25. The number of amides is 2. The normalized spacial score (nSPS) is 31.2. The predicted octanol–water partition coefficient (Wildman–Crippen LogP) is 0.552. The zero-order valence-corrected chi connectivity index (χ0v) is 12.3. The molecule has 0 bridgehead atoms. The number of carbonyl (C=O) groups excluding carboxylic acids is 3. The number of ketones is 1. The summed E-state index contributed by atoms with van der Waals surface area (Å²) in [6.45, 7) is 0.358. The maximum absolute atomic E-state index is 10.8. The van der Waals surface area contributed by atoms with Crippen molar-refractivity contribution in [2.24, 2.45) is 0 Å². The molecule has 4 rings (SSSR count). The standard InChI is InChI=1S/2C6H7NO2S/c2*8-4-2-7-5(9)1-6(7)10-3-4/h6H,1-3H2;2,6,8H,1,3H2/t2*6-/m11/s1. The zero-order chi connectivity index (χ0) is 14.3. The van der Waals surface area contributed by atoms with Gasteiger partial charge < -0.3 is 14.9 Å². The molecule has 0 aromatic heterocycles.